The summed E-state index contributed by atoms with van der Waals surface area (Å²) in [4.78, 5) is 29.2. The first-order chi connectivity index (χ1) is 21.0. The molecule has 0 unspecified atom stereocenters. The molecule has 1 aromatic rings. The van der Waals surface area contributed by atoms with Crippen LogP contribution in [0.4, 0.5) is 0 Å². The van der Waals surface area contributed by atoms with Crippen molar-refractivity contribution in [1.29, 1.82) is 0 Å². The number of benzene rings is 1. The first-order valence-corrected chi connectivity index (χ1v) is 15.7. The van der Waals surface area contributed by atoms with Gasteiger partial charge in [0.1, 0.15) is 23.9 Å². The van der Waals surface area contributed by atoms with Crippen LogP contribution in [0.25, 0.3) is 0 Å². The molecule has 0 radical (unpaired) electrons. The molecule has 1 spiro atoms. The second-order valence-corrected chi connectivity index (χ2v) is 14.2. The lowest BCUT2D eigenvalue weighted by molar-refractivity contribution is -0.316. The van der Waals surface area contributed by atoms with Crippen molar-refractivity contribution < 1.29 is 48.2 Å². The van der Waals surface area contributed by atoms with E-state index in [1.807, 2.05) is 6.07 Å². The molecule has 1 aromatic carbocycles. The number of piperidine rings is 1. The molecule has 11 nitrogen and oxygen atoms in total. The highest BCUT2D eigenvalue weighted by Gasteiger charge is 2.91. The first kappa shape index (κ1) is 30.5. The molecular weight excluding hydrogens is 570 g/mol. The maximum absolute atomic E-state index is 13.7. The number of ether oxygens (including phenoxy) is 6. The molecule has 0 aromatic heterocycles. The Balaban J connectivity index is 1.51. The van der Waals surface area contributed by atoms with Gasteiger partial charge in [-0.1, -0.05) is 18.2 Å². The van der Waals surface area contributed by atoms with Crippen molar-refractivity contribution in [3.05, 3.63) is 35.9 Å². The number of likely N-dealkylation sites (tertiary alicyclic amines) is 1. The number of hydrogen-bond donors (Lipinski definition) is 2. The second kappa shape index (κ2) is 10.2. The van der Waals surface area contributed by atoms with Crippen molar-refractivity contribution >= 4 is 11.9 Å². The molecule has 242 valence electrons. The third kappa shape index (κ3) is 3.41. The molecule has 7 bridgehead atoms. The van der Waals surface area contributed by atoms with Crippen LogP contribution in [0.3, 0.4) is 0 Å². The third-order valence-corrected chi connectivity index (χ3v) is 12.8. The van der Waals surface area contributed by atoms with Gasteiger partial charge in [-0.25, -0.2) is 4.79 Å². The van der Waals surface area contributed by atoms with E-state index in [2.05, 4.69) is 11.9 Å². The molecule has 6 fully saturated rings. The van der Waals surface area contributed by atoms with Gasteiger partial charge in [0.2, 0.25) is 0 Å². The van der Waals surface area contributed by atoms with Crippen molar-refractivity contribution in [1.82, 2.24) is 4.90 Å². The Morgan fingerprint density at radius 1 is 1.02 bits per heavy atom. The number of esters is 2. The normalized spacial score (nSPS) is 49.9. The summed E-state index contributed by atoms with van der Waals surface area (Å²) in [6.45, 7) is 2.56. The molecule has 2 N–H and O–H groups in total. The number of carbonyl (C=O) groups is 2. The van der Waals surface area contributed by atoms with Crippen LogP contribution in [0.15, 0.2) is 30.3 Å². The Bertz CT molecular complexity index is 1310. The summed E-state index contributed by atoms with van der Waals surface area (Å²) in [5.74, 6) is -2.96. The largest absolute Gasteiger partial charge is 0.455 e. The van der Waals surface area contributed by atoms with E-state index >= 15 is 0 Å². The Hall–Kier alpha value is -2.12. The smallest absolute Gasteiger partial charge is 0.338 e. The minimum Gasteiger partial charge on any atom is -0.455 e. The molecule has 11 heteroatoms. The average molecular weight is 616 g/mol. The molecule has 1 saturated heterocycles. The lowest BCUT2D eigenvalue weighted by atomic mass is 9.43. The van der Waals surface area contributed by atoms with Gasteiger partial charge in [-0.2, -0.15) is 0 Å². The van der Waals surface area contributed by atoms with Gasteiger partial charge in [-0.15, -0.1) is 0 Å². The lowest BCUT2D eigenvalue weighted by Crippen LogP contribution is -2.80. The molecule has 14 atom stereocenters. The highest BCUT2D eigenvalue weighted by molar-refractivity contribution is 5.89. The van der Waals surface area contributed by atoms with E-state index in [0.29, 0.717) is 12.2 Å². The van der Waals surface area contributed by atoms with E-state index in [9.17, 15) is 19.8 Å². The predicted molar refractivity (Wildman–Crippen MR) is 154 cm³/mol. The molecule has 5 aliphatic carbocycles. The van der Waals surface area contributed by atoms with E-state index < -0.39 is 64.8 Å². The van der Waals surface area contributed by atoms with Crippen molar-refractivity contribution in [2.45, 2.75) is 73.9 Å². The van der Waals surface area contributed by atoms with Crippen LogP contribution in [0.2, 0.25) is 0 Å². The number of fused-ring (bicyclic) bond motifs is 2. The van der Waals surface area contributed by atoms with Gasteiger partial charge in [0.25, 0.3) is 0 Å². The molecule has 1 heterocycles. The van der Waals surface area contributed by atoms with Crippen molar-refractivity contribution in [3.8, 4) is 0 Å². The molecule has 5 saturated carbocycles. The van der Waals surface area contributed by atoms with E-state index in [0.717, 1.165) is 19.4 Å². The molecule has 7 rings (SSSR count). The van der Waals surface area contributed by atoms with Crippen LogP contribution < -0.4 is 0 Å². The molecular formula is C33H45NO10. The van der Waals surface area contributed by atoms with Gasteiger partial charge in [0.05, 0.1) is 24.4 Å². The van der Waals surface area contributed by atoms with Crippen LogP contribution in [0.5, 0.6) is 0 Å². The number of aliphatic hydroxyl groups excluding tert-OH is 1. The van der Waals surface area contributed by atoms with E-state index in [1.54, 1.807) is 45.6 Å². The minimum atomic E-state index is -1.76. The first-order valence-electron chi connectivity index (χ1n) is 15.7. The van der Waals surface area contributed by atoms with E-state index in [1.165, 1.54) is 14.0 Å². The van der Waals surface area contributed by atoms with E-state index in [-0.39, 0.29) is 35.8 Å². The molecule has 1 aliphatic heterocycles. The Labute approximate surface area is 258 Å². The topological polar surface area (TPSA) is 133 Å². The fourth-order valence-corrected chi connectivity index (χ4v) is 12.3. The summed E-state index contributed by atoms with van der Waals surface area (Å²) >= 11 is 0. The summed E-state index contributed by atoms with van der Waals surface area (Å²) in [7, 11) is 8.63. The number of carbonyl (C=O) groups excluding carboxylic acids is 2. The zero-order valence-corrected chi connectivity index (χ0v) is 26.3. The molecule has 44 heavy (non-hydrogen) atoms. The van der Waals surface area contributed by atoms with Gasteiger partial charge in [0.15, 0.2) is 5.60 Å². The van der Waals surface area contributed by atoms with Gasteiger partial charge in [-0.05, 0) is 44.4 Å². The standard InChI is InChI=1S/C33H45NO10/c1-17(35)44-33-21-19(14-31(38,28(42-6)26(33)36)27(21)43-29(37)18-10-8-7-9-11-18)32-20(40-4)12-13-30(16-39-3)15-34(2)25(32)22(33)23(41-5)24(30)32/h7-11,19-28,36,38H,12-16H2,1-6H3/t19-,20+,21-,22+,23-,24-,25-,26+,27-,28+,30+,31-,32+,33-/m1/s1. The SMILES string of the molecule is COC[C@@]12CC[C@H](OC)[C@@]34[C@@H]5C[C@@]6(O)[C@H](OC(=O)c7ccccc7)[C@@H]5[C@@](OC(C)=O)([C@@H]([C@@H](OC)[C@H]13)[C@H]4N(C)C2)[C@@H](O)[C@@H]6OC. The van der Waals surface area contributed by atoms with Crippen LogP contribution in [0.1, 0.15) is 36.5 Å². The van der Waals surface area contributed by atoms with Gasteiger partial charge >= 0.3 is 11.9 Å². The summed E-state index contributed by atoms with van der Waals surface area (Å²) in [6, 6.07) is 8.39. The zero-order valence-electron chi connectivity index (χ0n) is 26.3. The van der Waals surface area contributed by atoms with Gasteiger partial charge in [0, 0.05) is 76.5 Å². The van der Waals surface area contributed by atoms with Crippen molar-refractivity contribution in [2.75, 3.05) is 48.6 Å². The van der Waals surface area contributed by atoms with Crippen LogP contribution >= 0.6 is 0 Å². The summed E-state index contributed by atoms with van der Waals surface area (Å²) < 4.78 is 37.5. The van der Waals surface area contributed by atoms with Crippen molar-refractivity contribution in [2.24, 2.45) is 34.5 Å². The van der Waals surface area contributed by atoms with Crippen LogP contribution in [0, 0.1) is 34.5 Å². The predicted octanol–water partition coefficient (Wildman–Crippen LogP) is 1.29. The highest BCUT2D eigenvalue weighted by atomic mass is 16.6. The van der Waals surface area contributed by atoms with Crippen LogP contribution in [-0.4, -0.2) is 123 Å². The third-order valence-electron chi connectivity index (χ3n) is 12.8. The van der Waals surface area contributed by atoms with Gasteiger partial charge < -0.3 is 43.5 Å². The zero-order chi connectivity index (χ0) is 31.4. The lowest BCUT2D eigenvalue weighted by Gasteiger charge is -2.69. The average Bonchev–Trinajstić information content (AvgIpc) is 3.39. The maximum Gasteiger partial charge on any atom is 0.338 e. The van der Waals surface area contributed by atoms with Crippen LogP contribution in [-0.2, 0) is 33.2 Å². The fourth-order valence-electron chi connectivity index (χ4n) is 12.3. The summed E-state index contributed by atoms with van der Waals surface area (Å²) in [6.07, 6.45) is -2.66. The summed E-state index contributed by atoms with van der Waals surface area (Å²) in [5.41, 5.74) is -3.93. The quantitative estimate of drug-likeness (QED) is 0.410. The number of hydrogen-bond acceptors (Lipinski definition) is 11. The van der Waals surface area contributed by atoms with Crippen molar-refractivity contribution in [3.63, 3.8) is 0 Å². The summed E-state index contributed by atoms with van der Waals surface area (Å²) in [5, 5.41) is 25.1. The number of nitrogens with zero attached hydrogens (tertiary/aromatic N) is 1. The highest BCUT2D eigenvalue weighted by Crippen LogP contribution is 2.80. The minimum absolute atomic E-state index is 0.103. The Kier molecular flexibility index (Phi) is 7.07. The van der Waals surface area contributed by atoms with E-state index in [4.69, 9.17) is 28.4 Å². The fraction of sp³-hybridized carbons (Fsp3) is 0.758. The number of rotatable bonds is 8. The molecule has 0 amide bonds. The number of aliphatic hydroxyl groups is 2. The Morgan fingerprint density at radius 3 is 2.36 bits per heavy atom. The van der Waals surface area contributed by atoms with Gasteiger partial charge in [-0.3, -0.25) is 4.79 Å². The second-order valence-electron chi connectivity index (χ2n) is 14.2. The molecule has 6 aliphatic rings. The number of methoxy groups -OCH3 is 4. The Morgan fingerprint density at radius 2 is 1.75 bits per heavy atom. The maximum atomic E-state index is 13.7. The monoisotopic (exact) mass is 615 g/mol.